The molecule has 1 aromatic carbocycles. The van der Waals surface area contributed by atoms with Crippen LogP contribution >= 0.6 is 0 Å². The Bertz CT molecular complexity index is 493. The van der Waals surface area contributed by atoms with Gasteiger partial charge in [0.05, 0.1) is 12.2 Å². The van der Waals surface area contributed by atoms with Crippen LogP contribution in [-0.2, 0) is 6.42 Å². The maximum Gasteiger partial charge on any atom is 0.130 e. The van der Waals surface area contributed by atoms with Crippen molar-refractivity contribution in [3.8, 4) is 17.2 Å². The Morgan fingerprint density at radius 3 is 2.40 bits per heavy atom. The minimum atomic E-state index is -0.668. The third kappa shape index (κ3) is 2.43. The summed E-state index contributed by atoms with van der Waals surface area (Å²) in [7, 11) is 0. The summed E-state index contributed by atoms with van der Waals surface area (Å²) < 4.78 is 5.83. The van der Waals surface area contributed by atoms with E-state index in [1.807, 2.05) is 0 Å². The first-order valence-corrected chi connectivity index (χ1v) is 7.12. The number of phenolic OH excluding ortho intramolecular Hbond substituents is 2. The Morgan fingerprint density at radius 1 is 1.00 bits per heavy atom. The number of benzene rings is 1. The van der Waals surface area contributed by atoms with E-state index >= 15 is 0 Å². The van der Waals surface area contributed by atoms with Gasteiger partial charge in [0, 0.05) is 24.1 Å². The lowest BCUT2D eigenvalue weighted by molar-refractivity contribution is -0.0339. The first kappa shape index (κ1) is 13.5. The Labute approximate surface area is 117 Å². The van der Waals surface area contributed by atoms with Gasteiger partial charge < -0.3 is 25.2 Å². The van der Waals surface area contributed by atoms with E-state index in [4.69, 9.17) is 4.74 Å². The summed E-state index contributed by atoms with van der Waals surface area (Å²) in [5.41, 5.74) is 0.544. The van der Waals surface area contributed by atoms with Crippen LogP contribution in [-0.4, -0.2) is 38.7 Å². The fraction of sp³-hybridized carbons (Fsp3) is 0.600. The van der Waals surface area contributed by atoms with E-state index in [2.05, 4.69) is 0 Å². The van der Waals surface area contributed by atoms with Crippen molar-refractivity contribution in [2.75, 3.05) is 0 Å². The number of aromatic hydroxyl groups is 2. The second-order valence-electron chi connectivity index (χ2n) is 5.86. The van der Waals surface area contributed by atoms with Gasteiger partial charge in [0.15, 0.2) is 0 Å². The molecule has 110 valence electrons. The first-order chi connectivity index (χ1) is 9.54. The fourth-order valence-electron chi connectivity index (χ4n) is 3.32. The number of hydrogen-bond donors (Lipinski definition) is 4. The van der Waals surface area contributed by atoms with Crippen LogP contribution in [0.2, 0.25) is 0 Å². The van der Waals surface area contributed by atoms with Crippen LogP contribution in [0.3, 0.4) is 0 Å². The Hall–Kier alpha value is -1.46. The van der Waals surface area contributed by atoms with Gasteiger partial charge in [0.2, 0.25) is 0 Å². The number of phenols is 2. The molecule has 2 aliphatic rings. The lowest BCUT2D eigenvalue weighted by Gasteiger charge is -2.38. The summed E-state index contributed by atoms with van der Waals surface area (Å²) in [5.74, 6) is 0.557. The molecular formula is C15H20O5. The van der Waals surface area contributed by atoms with Crippen molar-refractivity contribution in [2.24, 2.45) is 5.92 Å². The van der Waals surface area contributed by atoms with Gasteiger partial charge in [0.25, 0.3) is 0 Å². The SMILES string of the molecule is Oc1cc(O)c2c(c1)O[C@@H](C1CCC(O)CC1)[C@@H](O)C2. The summed E-state index contributed by atoms with van der Waals surface area (Å²) in [6.45, 7) is 0. The van der Waals surface area contributed by atoms with Crippen LogP contribution in [0.1, 0.15) is 31.2 Å². The maximum atomic E-state index is 10.3. The molecule has 0 unspecified atom stereocenters. The van der Waals surface area contributed by atoms with Crippen LogP contribution < -0.4 is 4.74 Å². The largest absolute Gasteiger partial charge is 0.508 e. The predicted molar refractivity (Wildman–Crippen MR) is 71.9 cm³/mol. The topological polar surface area (TPSA) is 90.2 Å². The van der Waals surface area contributed by atoms with Gasteiger partial charge in [-0.05, 0) is 31.6 Å². The average Bonchev–Trinajstić information content (AvgIpc) is 2.40. The molecule has 0 bridgehead atoms. The molecule has 0 aromatic heterocycles. The third-order valence-electron chi connectivity index (χ3n) is 4.43. The maximum absolute atomic E-state index is 10.3. The highest BCUT2D eigenvalue weighted by Crippen LogP contribution is 2.41. The molecule has 5 nitrogen and oxygen atoms in total. The Kier molecular flexibility index (Phi) is 3.48. The van der Waals surface area contributed by atoms with Gasteiger partial charge in [-0.1, -0.05) is 0 Å². The van der Waals surface area contributed by atoms with Gasteiger partial charge in [-0.15, -0.1) is 0 Å². The first-order valence-electron chi connectivity index (χ1n) is 7.12. The van der Waals surface area contributed by atoms with Crippen molar-refractivity contribution in [3.05, 3.63) is 17.7 Å². The molecule has 2 atom stereocenters. The van der Waals surface area contributed by atoms with Crippen molar-refractivity contribution >= 4 is 0 Å². The molecule has 4 N–H and O–H groups in total. The standard InChI is InChI=1S/C15H20O5/c16-9-3-1-8(2-4-9)15-13(19)7-11-12(18)5-10(17)6-14(11)20-15/h5-6,8-9,13,15-19H,1-4,7H2/t8?,9?,13-,15-/m0/s1. The molecule has 1 aromatic rings. The van der Waals surface area contributed by atoms with Crippen molar-refractivity contribution in [1.82, 2.24) is 0 Å². The molecule has 3 rings (SSSR count). The van der Waals surface area contributed by atoms with E-state index in [-0.39, 0.29) is 29.6 Å². The number of fused-ring (bicyclic) bond motifs is 1. The number of hydrogen-bond acceptors (Lipinski definition) is 5. The van der Waals surface area contributed by atoms with Gasteiger partial charge in [-0.25, -0.2) is 0 Å². The number of ether oxygens (including phenoxy) is 1. The normalized spacial score (nSPS) is 33.3. The molecule has 0 radical (unpaired) electrons. The molecule has 0 spiro atoms. The number of rotatable bonds is 1. The highest BCUT2D eigenvalue weighted by Gasteiger charge is 2.37. The summed E-state index contributed by atoms with van der Waals surface area (Å²) >= 11 is 0. The van der Waals surface area contributed by atoms with E-state index in [0.717, 1.165) is 25.7 Å². The zero-order valence-corrected chi connectivity index (χ0v) is 11.2. The lowest BCUT2D eigenvalue weighted by Crippen LogP contribution is -2.44. The lowest BCUT2D eigenvalue weighted by atomic mass is 9.80. The molecule has 0 amide bonds. The number of aliphatic hydroxyl groups is 2. The zero-order chi connectivity index (χ0) is 14.3. The zero-order valence-electron chi connectivity index (χ0n) is 11.2. The minimum Gasteiger partial charge on any atom is -0.508 e. The van der Waals surface area contributed by atoms with E-state index in [9.17, 15) is 20.4 Å². The summed E-state index contributed by atoms with van der Waals surface area (Å²) in [4.78, 5) is 0. The molecule has 1 aliphatic carbocycles. The average molecular weight is 280 g/mol. The third-order valence-corrected chi connectivity index (χ3v) is 4.43. The summed E-state index contributed by atoms with van der Waals surface area (Å²) in [5, 5.41) is 39.2. The summed E-state index contributed by atoms with van der Waals surface area (Å²) in [6, 6.07) is 2.73. The van der Waals surface area contributed by atoms with Crippen molar-refractivity contribution in [3.63, 3.8) is 0 Å². The number of aliphatic hydroxyl groups excluding tert-OH is 2. The van der Waals surface area contributed by atoms with E-state index in [0.29, 0.717) is 17.7 Å². The van der Waals surface area contributed by atoms with Crippen LogP contribution in [0.4, 0.5) is 0 Å². The minimum absolute atomic E-state index is 0.0448. The van der Waals surface area contributed by atoms with Gasteiger partial charge >= 0.3 is 0 Å². The molecular weight excluding hydrogens is 260 g/mol. The summed E-state index contributed by atoms with van der Waals surface area (Å²) in [6.07, 6.45) is 2.18. The fourth-order valence-corrected chi connectivity index (χ4v) is 3.32. The van der Waals surface area contributed by atoms with E-state index in [1.165, 1.54) is 12.1 Å². The second kappa shape index (κ2) is 5.14. The van der Waals surface area contributed by atoms with Crippen molar-refractivity contribution in [1.29, 1.82) is 0 Å². The van der Waals surface area contributed by atoms with Gasteiger partial charge in [-0.3, -0.25) is 0 Å². The van der Waals surface area contributed by atoms with Crippen LogP contribution in [0.5, 0.6) is 17.2 Å². The van der Waals surface area contributed by atoms with Crippen LogP contribution in [0.25, 0.3) is 0 Å². The van der Waals surface area contributed by atoms with Crippen LogP contribution in [0.15, 0.2) is 12.1 Å². The predicted octanol–water partition coefficient (Wildman–Crippen LogP) is 1.31. The van der Waals surface area contributed by atoms with Crippen LogP contribution in [0, 0.1) is 5.92 Å². The van der Waals surface area contributed by atoms with Gasteiger partial charge in [-0.2, -0.15) is 0 Å². The molecule has 1 saturated carbocycles. The second-order valence-corrected chi connectivity index (χ2v) is 5.86. The quantitative estimate of drug-likeness (QED) is 0.623. The smallest absolute Gasteiger partial charge is 0.130 e. The van der Waals surface area contributed by atoms with E-state index in [1.54, 1.807) is 0 Å². The highest BCUT2D eigenvalue weighted by molar-refractivity contribution is 5.51. The molecule has 1 aliphatic heterocycles. The Balaban J connectivity index is 1.81. The molecule has 5 heteroatoms. The highest BCUT2D eigenvalue weighted by atomic mass is 16.5. The molecule has 1 fully saturated rings. The van der Waals surface area contributed by atoms with E-state index < -0.39 is 6.10 Å². The monoisotopic (exact) mass is 280 g/mol. The van der Waals surface area contributed by atoms with Crippen molar-refractivity contribution in [2.45, 2.75) is 50.4 Å². The molecule has 0 saturated heterocycles. The molecule has 1 heterocycles. The van der Waals surface area contributed by atoms with Gasteiger partial charge in [0.1, 0.15) is 23.4 Å². The molecule has 20 heavy (non-hydrogen) atoms. The Morgan fingerprint density at radius 2 is 1.70 bits per heavy atom. The van der Waals surface area contributed by atoms with Crippen molar-refractivity contribution < 1.29 is 25.2 Å².